The summed E-state index contributed by atoms with van der Waals surface area (Å²) in [5.74, 6) is 0. The van der Waals surface area contributed by atoms with E-state index in [0.29, 0.717) is 0 Å². The van der Waals surface area contributed by atoms with E-state index < -0.39 is 0 Å². The summed E-state index contributed by atoms with van der Waals surface area (Å²) in [6.45, 7) is 0. The highest BCUT2D eigenvalue weighted by Crippen LogP contribution is 2.49. The molecule has 2 heteroatoms. The summed E-state index contributed by atoms with van der Waals surface area (Å²) >= 11 is 0. The number of fused-ring (bicyclic) bond motifs is 3. The summed E-state index contributed by atoms with van der Waals surface area (Å²) in [6, 6.07) is 102. The van der Waals surface area contributed by atoms with Gasteiger partial charge in [0.2, 0.25) is 0 Å². The van der Waals surface area contributed by atoms with Crippen molar-refractivity contribution in [2.45, 2.75) is 0 Å². The van der Waals surface area contributed by atoms with E-state index in [4.69, 9.17) is 0 Å². The number of anilines is 6. The van der Waals surface area contributed by atoms with Gasteiger partial charge in [0.15, 0.2) is 0 Å². The predicted molar refractivity (Wildman–Crippen MR) is 290 cm³/mol. The Balaban J connectivity index is 1.18. The van der Waals surface area contributed by atoms with E-state index in [9.17, 15) is 0 Å². The molecule has 0 aromatic heterocycles. The Hall–Kier alpha value is -8.98. The molecule has 0 bridgehead atoms. The third-order valence-electron chi connectivity index (χ3n) is 13.2. The molecule has 0 fully saturated rings. The minimum absolute atomic E-state index is 1.07. The van der Waals surface area contributed by atoms with Crippen molar-refractivity contribution in [2.24, 2.45) is 0 Å². The van der Waals surface area contributed by atoms with E-state index >= 15 is 0 Å². The SMILES string of the molecule is c1ccc(-c2cccc(N(c3cc(-c4ccccc4)c4cc(-c5ccccc5)c(N(c5cccc(-c6ccccc6)c5)c5cccc6ccccc56)cc4c3)c3cccc4ccccc34)c2)cc1. The van der Waals surface area contributed by atoms with Crippen LogP contribution in [0.1, 0.15) is 0 Å². The van der Waals surface area contributed by atoms with Crippen LogP contribution < -0.4 is 9.80 Å². The van der Waals surface area contributed by atoms with Gasteiger partial charge in [-0.15, -0.1) is 0 Å². The molecule has 0 saturated carbocycles. The van der Waals surface area contributed by atoms with E-state index in [1.807, 2.05) is 0 Å². The molecule has 2 nitrogen and oxygen atoms in total. The molecular formula is C66H46N2. The number of rotatable bonds is 10. The fraction of sp³-hybridized carbons (Fsp3) is 0. The normalized spacial score (nSPS) is 11.2. The lowest BCUT2D eigenvalue weighted by Crippen LogP contribution is -2.13. The van der Waals surface area contributed by atoms with Gasteiger partial charge in [-0.2, -0.15) is 0 Å². The third kappa shape index (κ3) is 7.64. The minimum atomic E-state index is 1.07. The molecule has 320 valence electrons. The Bertz CT molecular complexity index is 3720. The van der Waals surface area contributed by atoms with Gasteiger partial charge in [0, 0.05) is 33.4 Å². The minimum Gasteiger partial charge on any atom is -0.310 e. The second-order valence-corrected chi connectivity index (χ2v) is 17.3. The Labute approximate surface area is 397 Å². The smallest absolute Gasteiger partial charge is 0.0546 e. The van der Waals surface area contributed by atoms with Crippen molar-refractivity contribution in [3.05, 3.63) is 279 Å². The summed E-state index contributed by atoms with van der Waals surface area (Å²) in [5, 5.41) is 7.05. The van der Waals surface area contributed by atoms with E-state index in [0.717, 1.165) is 72.9 Å². The summed E-state index contributed by atoms with van der Waals surface area (Å²) in [4.78, 5) is 4.94. The van der Waals surface area contributed by atoms with Crippen LogP contribution in [0.5, 0.6) is 0 Å². The molecule has 0 saturated heterocycles. The van der Waals surface area contributed by atoms with Gasteiger partial charge >= 0.3 is 0 Å². The van der Waals surface area contributed by atoms with E-state index in [1.54, 1.807) is 0 Å². The molecule has 12 aromatic rings. The van der Waals surface area contributed by atoms with Crippen LogP contribution in [-0.4, -0.2) is 0 Å². The lowest BCUT2D eigenvalue weighted by Gasteiger charge is -2.31. The largest absolute Gasteiger partial charge is 0.310 e. The Morgan fingerprint density at radius 1 is 0.191 bits per heavy atom. The molecule has 0 aliphatic carbocycles. The van der Waals surface area contributed by atoms with Crippen molar-refractivity contribution in [2.75, 3.05) is 9.80 Å². The molecule has 0 amide bonds. The maximum atomic E-state index is 2.48. The van der Waals surface area contributed by atoms with Crippen molar-refractivity contribution >= 4 is 66.4 Å². The molecule has 12 rings (SSSR count). The van der Waals surface area contributed by atoms with Crippen molar-refractivity contribution < 1.29 is 0 Å². The van der Waals surface area contributed by atoms with Gasteiger partial charge in [-0.25, -0.2) is 0 Å². The lowest BCUT2D eigenvalue weighted by atomic mass is 9.91. The van der Waals surface area contributed by atoms with Crippen LogP contribution >= 0.6 is 0 Å². The molecule has 0 radical (unpaired) electrons. The quantitative estimate of drug-likeness (QED) is 0.135. The van der Waals surface area contributed by atoms with E-state index in [-0.39, 0.29) is 0 Å². The highest BCUT2D eigenvalue weighted by atomic mass is 15.2. The Kier molecular flexibility index (Phi) is 10.6. The summed E-state index contributed by atoms with van der Waals surface area (Å²) < 4.78 is 0. The van der Waals surface area contributed by atoms with Gasteiger partial charge < -0.3 is 9.80 Å². The molecule has 0 aliphatic heterocycles. The van der Waals surface area contributed by atoms with Crippen LogP contribution in [-0.2, 0) is 0 Å². The second-order valence-electron chi connectivity index (χ2n) is 17.3. The number of benzene rings is 12. The maximum Gasteiger partial charge on any atom is 0.0546 e. The topological polar surface area (TPSA) is 6.48 Å². The standard InChI is InChI=1S/C66H46N2/c1-5-21-47(22-6-1)53-33-17-35-56(41-53)67(64-39-19-31-49-29-13-15-37-59(49)64)58-43-55-44-66(63(52-27-11-4-12-28-52)46-62(55)61(45-58)51-25-9-3-10-26-51)68(65-40-20-32-50-30-14-16-38-60(50)65)57-36-18-34-54(42-57)48-23-7-2-8-24-48/h1-46H. The predicted octanol–water partition coefficient (Wildman–Crippen LogP) is 18.8. The van der Waals surface area contributed by atoms with Crippen LogP contribution in [0.15, 0.2) is 279 Å². The Morgan fingerprint density at radius 2 is 0.603 bits per heavy atom. The lowest BCUT2D eigenvalue weighted by molar-refractivity contribution is 1.29. The molecule has 0 N–H and O–H groups in total. The first-order chi connectivity index (χ1) is 33.7. The van der Waals surface area contributed by atoms with Gasteiger partial charge in [0.05, 0.1) is 17.1 Å². The molecule has 0 spiro atoms. The Morgan fingerprint density at radius 3 is 1.15 bits per heavy atom. The van der Waals surface area contributed by atoms with Gasteiger partial charge in [-0.3, -0.25) is 0 Å². The van der Waals surface area contributed by atoms with Crippen LogP contribution in [0.2, 0.25) is 0 Å². The molecule has 0 heterocycles. The zero-order valence-electron chi connectivity index (χ0n) is 37.5. The summed E-state index contributed by atoms with van der Waals surface area (Å²) in [5.41, 5.74) is 15.8. The number of hydrogen-bond acceptors (Lipinski definition) is 2. The average Bonchev–Trinajstić information content (AvgIpc) is 3.42. The van der Waals surface area contributed by atoms with Gasteiger partial charge in [0.1, 0.15) is 0 Å². The van der Waals surface area contributed by atoms with Crippen molar-refractivity contribution in [1.29, 1.82) is 0 Å². The van der Waals surface area contributed by atoms with Gasteiger partial charge in [-0.05, 0) is 121 Å². The van der Waals surface area contributed by atoms with Crippen LogP contribution in [0, 0.1) is 0 Å². The van der Waals surface area contributed by atoms with E-state index in [2.05, 4.69) is 289 Å². The molecule has 0 unspecified atom stereocenters. The molecule has 0 aliphatic rings. The number of nitrogens with zero attached hydrogens (tertiary/aromatic N) is 2. The highest BCUT2D eigenvalue weighted by molar-refractivity contribution is 6.10. The van der Waals surface area contributed by atoms with Crippen molar-refractivity contribution in [3.8, 4) is 44.5 Å². The van der Waals surface area contributed by atoms with Crippen LogP contribution in [0.3, 0.4) is 0 Å². The first kappa shape index (κ1) is 40.5. The third-order valence-corrected chi connectivity index (χ3v) is 13.2. The van der Waals surface area contributed by atoms with Gasteiger partial charge in [0.25, 0.3) is 0 Å². The summed E-state index contributed by atoms with van der Waals surface area (Å²) in [7, 11) is 0. The molecule has 0 atom stereocenters. The van der Waals surface area contributed by atoms with E-state index in [1.165, 1.54) is 38.1 Å². The summed E-state index contributed by atoms with van der Waals surface area (Å²) in [6.07, 6.45) is 0. The van der Waals surface area contributed by atoms with Crippen LogP contribution in [0.4, 0.5) is 34.1 Å². The molecule has 12 aromatic carbocycles. The zero-order chi connectivity index (χ0) is 45.2. The monoisotopic (exact) mass is 866 g/mol. The molecular weight excluding hydrogens is 821 g/mol. The first-order valence-corrected chi connectivity index (χ1v) is 23.3. The fourth-order valence-electron chi connectivity index (χ4n) is 9.96. The fourth-order valence-corrected chi connectivity index (χ4v) is 9.96. The first-order valence-electron chi connectivity index (χ1n) is 23.3. The molecule has 68 heavy (non-hydrogen) atoms. The van der Waals surface area contributed by atoms with Crippen molar-refractivity contribution in [1.82, 2.24) is 0 Å². The second kappa shape index (κ2) is 17.8. The number of hydrogen-bond donors (Lipinski definition) is 0. The maximum absolute atomic E-state index is 2.48. The van der Waals surface area contributed by atoms with Gasteiger partial charge in [-0.1, -0.05) is 218 Å². The van der Waals surface area contributed by atoms with Crippen LogP contribution in [0.25, 0.3) is 76.8 Å². The highest BCUT2D eigenvalue weighted by Gasteiger charge is 2.24. The zero-order valence-corrected chi connectivity index (χ0v) is 37.5. The van der Waals surface area contributed by atoms with Crippen molar-refractivity contribution in [3.63, 3.8) is 0 Å². The average molecular weight is 867 g/mol.